The summed E-state index contributed by atoms with van der Waals surface area (Å²) in [5, 5.41) is 14.9. The van der Waals surface area contributed by atoms with E-state index in [1.54, 1.807) is 19.2 Å². The van der Waals surface area contributed by atoms with Crippen LogP contribution in [0.4, 0.5) is 5.69 Å². The molecular formula is C26H25N3O5. The number of para-hydroxylation sites is 1. The predicted molar refractivity (Wildman–Crippen MR) is 129 cm³/mol. The predicted octanol–water partition coefficient (Wildman–Crippen LogP) is 5.15. The number of aromatic amines is 1. The minimum atomic E-state index is -0.420. The second kappa shape index (κ2) is 10.6. The second-order valence-electron chi connectivity index (χ2n) is 7.82. The Morgan fingerprint density at radius 3 is 2.62 bits per heavy atom. The van der Waals surface area contributed by atoms with E-state index >= 15 is 0 Å². The largest absolute Gasteiger partial charge is 0.457 e. The Labute approximate surface area is 196 Å². The normalized spacial score (nSPS) is 11.8. The first-order chi connectivity index (χ1) is 16.5. The van der Waals surface area contributed by atoms with Crippen molar-refractivity contribution in [3.63, 3.8) is 0 Å². The number of non-ortho nitro benzene ring substituents is 1. The Balaban J connectivity index is 1.71. The quantitative estimate of drug-likeness (QED) is 0.194. The van der Waals surface area contributed by atoms with Crippen molar-refractivity contribution in [2.75, 3.05) is 20.3 Å². The molecule has 0 saturated heterocycles. The molecule has 3 aromatic carbocycles. The third-order valence-corrected chi connectivity index (χ3v) is 5.54. The number of benzene rings is 3. The van der Waals surface area contributed by atoms with Crippen LogP contribution in [-0.4, -0.2) is 36.1 Å². The zero-order valence-electron chi connectivity index (χ0n) is 18.7. The van der Waals surface area contributed by atoms with Crippen molar-refractivity contribution in [1.29, 1.82) is 0 Å². The van der Waals surface area contributed by atoms with Crippen LogP contribution in [-0.2, 0) is 9.53 Å². The van der Waals surface area contributed by atoms with Crippen LogP contribution in [0, 0.1) is 10.1 Å². The molecule has 8 nitrogen and oxygen atoms in total. The van der Waals surface area contributed by atoms with E-state index < -0.39 is 4.92 Å². The van der Waals surface area contributed by atoms with Gasteiger partial charge >= 0.3 is 0 Å². The molecule has 1 amide bonds. The van der Waals surface area contributed by atoms with E-state index in [0.29, 0.717) is 30.0 Å². The molecule has 0 aliphatic heterocycles. The maximum atomic E-state index is 12.8. The lowest BCUT2D eigenvalue weighted by Crippen LogP contribution is -2.28. The number of ether oxygens (including phenoxy) is 2. The number of nitro benzene ring substituents is 1. The lowest BCUT2D eigenvalue weighted by molar-refractivity contribution is -0.384. The zero-order chi connectivity index (χ0) is 23.9. The Morgan fingerprint density at radius 1 is 1.06 bits per heavy atom. The average molecular weight is 460 g/mol. The molecule has 4 rings (SSSR count). The summed E-state index contributed by atoms with van der Waals surface area (Å²) in [6, 6.07) is 21.7. The first-order valence-corrected chi connectivity index (χ1v) is 10.9. The van der Waals surface area contributed by atoms with Gasteiger partial charge in [-0.1, -0.05) is 30.3 Å². The Hall–Kier alpha value is -4.17. The molecule has 8 heteroatoms. The van der Waals surface area contributed by atoms with Gasteiger partial charge in [0.2, 0.25) is 5.91 Å². The number of carbonyl (C=O) groups is 1. The zero-order valence-corrected chi connectivity index (χ0v) is 18.7. The number of carbonyl (C=O) groups excluding carboxylic acids is 1. The summed E-state index contributed by atoms with van der Waals surface area (Å²) in [5.74, 6) is 0.851. The van der Waals surface area contributed by atoms with E-state index in [1.165, 1.54) is 6.07 Å². The van der Waals surface area contributed by atoms with E-state index in [0.717, 1.165) is 16.6 Å². The van der Waals surface area contributed by atoms with Gasteiger partial charge in [0.15, 0.2) is 0 Å². The number of H-pyrrole nitrogens is 1. The molecule has 1 aromatic heterocycles. The van der Waals surface area contributed by atoms with Crippen LogP contribution in [0.25, 0.3) is 10.9 Å². The number of hydrogen-bond donors (Lipinski definition) is 2. The lowest BCUT2D eigenvalue weighted by atomic mass is 9.87. The van der Waals surface area contributed by atoms with Crippen LogP contribution in [0.1, 0.15) is 23.5 Å². The molecule has 2 N–H and O–H groups in total. The smallest absolute Gasteiger partial charge is 0.270 e. The topological polar surface area (TPSA) is 106 Å². The van der Waals surface area contributed by atoms with Gasteiger partial charge < -0.3 is 19.8 Å². The highest BCUT2D eigenvalue weighted by Gasteiger charge is 2.23. The third kappa shape index (κ3) is 5.41. The number of nitrogens with zero attached hydrogens (tertiary/aromatic N) is 1. The monoisotopic (exact) mass is 459 g/mol. The molecular weight excluding hydrogens is 434 g/mol. The molecule has 174 valence electrons. The van der Waals surface area contributed by atoms with Gasteiger partial charge in [-0.05, 0) is 41.5 Å². The fourth-order valence-electron chi connectivity index (χ4n) is 3.91. The van der Waals surface area contributed by atoms with Crippen LogP contribution >= 0.6 is 0 Å². The van der Waals surface area contributed by atoms with E-state index in [1.807, 2.05) is 60.8 Å². The SMILES string of the molecule is COCCNC(=O)CC(c1cccc(Oc2ccccc2)c1)c1c[nH]c2ccc([N+](=O)[O-])cc12. The average Bonchev–Trinajstić information content (AvgIpc) is 3.26. The third-order valence-electron chi connectivity index (χ3n) is 5.54. The Morgan fingerprint density at radius 2 is 1.85 bits per heavy atom. The minimum Gasteiger partial charge on any atom is -0.457 e. The van der Waals surface area contributed by atoms with Crippen LogP contribution in [0.15, 0.2) is 79.0 Å². The van der Waals surface area contributed by atoms with Crippen LogP contribution in [0.5, 0.6) is 11.5 Å². The molecule has 1 unspecified atom stereocenters. The summed E-state index contributed by atoms with van der Waals surface area (Å²) >= 11 is 0. The molecule has 4 aromatic rings. The van der Waals surface area contributed by atoms with Gasteiger partial charge in [-0.15, -0.1) is 0 Å². The van der Waals surface area contributed by atoms with Crippen molar-refractivity contribution in [3.05, 3.63) is 100 Å². The number of nitrogens with one attached hydrogen (secondary N) is 2. The fourth-order valence-corrected chi connectivity index (χ4v) is 3.91. The van der Waals surface area contributed by atoms with E-state index in [9.17, 15) is 14.9 Å². The van der Waals surface area contributed by atoms with Crippen LogP contribution < -0.4 is 10.1 Å². The maximum absolute atomic E-state index is 12.8. The van der Waals surface area contributed by atoms with Crippen molar-refractivity contribution in [2.24, 2.45) is 0 Å². The van der Waals surface area contributed by atoms with Crippen molar-refractivity contribution in [2.45, 2.75) is 12.3 Å². The van der Waals surface area contributed by atoms with Crippen molar-refractivity contribution < 1.29 is 19.2 Å². The van der Waals surface area contributed by atoms with Gasteiger partial charge in [-0.25, -0.2) is 0 Å². The van der Waals surface area contributed by atoms with Crippen molar-refractivity contribution >= 4 is 22.5 Å². The van der Waals surface area contributed by atoms with Crippen molar-refractivity contribution in [1.82, 2.24) is 10.3 Å². The molecule has 0 aliphatic rings. The van der Waals surface area contributed by atoms with Gasteiger partial charge in [0.05, 0.1) is 11.5 Å². The van der Waals surface area contributed by atoms with Crippen LogP contribution in [0.2, 0.25) is 0 Å². The number of nitro groups is 1. The summed E-state index contributed by atoms with van der Waals surface area (Å²) in [6.07, 6.45) is 1.97. The van der Waals surface area contributed by atoms with Crippen molar-refractivity contribution in [3.8, 4) is 11.5 Å². The fraction of sp³-hybridized carbons (Fsp3) is 0.192. The molecule has 34 heavy (non-hydrogen) atoms. The Bertz CT molecular complexity index is 1290. The van der Waals surface area contributed by atoms with Gasteiger partial charge in [-0.3, -0.25) is 14.9 Å². The Kier molecular flexibility index (Phi) is 7.19. The summed E-state index contributed by atoms with van der Waals surface area (Å²) in [4.78, 5) is 26.9. The highest BCUT2D eigenvalue weighted by molar-refractivity contribution is 5.87. The standard InChI is InChI=1S/C26H25N3O5/c1-33-13-12-27-26(30)16-22(24-17-28-25-11-10-19(29(31)32)15-23(24)25)18-6-5-9-21(14-18)34-20-7-3-2-4-8-20/h2-11,14-15,17,22,28H,12-13,16H2,1H3,(H,27,30). The maximum Gasteiger partial charge on any atom is 0.270 e. The molecule has 0 radical (unpaired) electrons. The first kappa shape index (κ1) is 23.0. The molecule has 0 aliphatic carbocycles. The number of methoxy groups -OCH3 is 1. The van der Waals surface area contributed by atoms with E-state index in [4.69, 9.17) is 9.47 Å². The number of amides is 1. The van der Waals surface area contributed by atoms with Gasteiger partial charge in [0.1, 0.15) is 11.5 Å². The second-order valence-corrected chi connectivity index (χ2v) is 7.82. The lowest BCUT2D eigenvalue weighted by Gasteiger charge is -2.18. The van der Waals surface area contributed by atoms with E-state index in [-0.39, 0.29) is 23.9 Å². The van der Waals surface area contributed by atoms with Crippen LogP contribution in [0.3, 0.4) is 0 Å². The number of rotatable bonds is 10. The summed E-state index contributed by atoms with van der Waals surface area (Å²) in [7, 11) is 1.58. The molecule has 1 atom stereocenters. The summed E-state index contributed by atoms with van der Waals surface area (Å²) < 4.78 is 11.0. The molecule has 0 spiro atoms. The van der Waals surface area contributed by atoms with Gasteiger partial charge in [-0.2, -0.15) is 0 Å². The molecule has 0 fully saturated rings. The number of fused-ring (bicyclic) bond motifs is 1. The van der Waals surface area contributed by atoms with E-state index in [2.05, 4.69) is 10.3 Å². The first-order valence-electron chi connectivity index (χ1n) is 10.9. The van der Waals surface area contributed by atoms with Gasteiger partial charge in [0, 0.05) is 55.2 Å². The highest BCUT2D eigenvalue weighted by atomic mass is 16.6. The molecule has 0 bridgehead atoms. The number of aromatic nitrogens is 1. The molecule has 1 heterocycles. The molecule has 0 saturated carbocycles. The minimum absolute atomic E-state index is 0.00203. The highest BCUT2D eigenvalue weighted by Crippen LogP contribution is 2.36. The number of hydrogen-bond acceptors (Lipinski definition) is 5. The summed E-state index contributed by atoms with van der Waals surface area (Å²) in [5.41, 5.74) is 2.43. The summed E-state index contributed by atoms with van der Waals surface area (Å²) in [6.45, 7) is 0.814. The van der Waals surface area contributed by atoms with Gasteiger partial charge in [0.25, 0.3) is 5.69 Å².